The summed E-state index contributed by atoms with van der Waals surface area (Å²) >= 11 is 0. The average Bonchev–Trinajstić information content (AvgIpc) is 2.67. The molecular formula is C20H19F3N2O4. The van der Waals surface area contributed by atoms with E-state index in [0.29, 0.717) is 5.56 Å². The number of carbonyl (C=O) groups is 3. The summed E-state index contributed by atoms with van der Waals surface area (Å²) in [4.78, 5) is 37.0. The number of amides is 2. The van der Waals surface area contributed by atoms with Gasteiger partial charge in [0.2, 0.25) is 5.91 Å². The molecule has 2 amide bonds. The molecule has 0 aliphatic heterocycles. The number of nitrogens with zero attached hydrogens (tertiary/aromatic N) is 1. The first-order chi connectivity index (χ1) is 13.6. The zero-order chi connectivity index (χ0) is 21.6. The molecule has 2 aromatic carbocycles. The fourth-order valence-electron chi connectivity index (χ4n) is 2.54. The van der Waals surface area contributed by atoms with E-state index in [9.17, 15) is 27.6 Å². The maximum absolute atomic E-state index is 12.8. The van der Waals surface area contributed by atoms with Crippen molar-refractivity contribution in [1.29, 1.82) is 0 Å². The molecule has 0 heterocycles. The van der Waals surface area contributed by atoms with Gasteiger partial charge in [0.05, 0.1) is 12.2 Å². The lowest BCUT2D eigenvalue weighted by molar-refractivity contribution is -0.144. The van der Waals surface area contributed by atoms with Gasteiger partial charge in [-0.1, -0.05) is 12.1 Å². The van der Waals surface area contributed by atoms with Crippen LogP contribution in [0.1, 0.15) is 38.8 Å². The van der Waals surface area contributed by atoms with Gasteiger partial charge < -0.3 is 15.4 Å². The Kier molecular flexibility index (Phi) is 6.98. The van der Waals surface area contributed by atoms with E-state index in [1.165, 1.54) is 36.4 Å². The number of benzene rings is 2. The molecule has 2 rings (SSSR count). The summed E-state index contributed by atoms with van der Waals surface area (Å²) < 4.78 is 43.0. The minimum Gasteiger partial charge on any atom is -0.465 e. The number of esters is 1. The third-order valence-corrected chi connectivity index (χ3v) is 3.98. The summed E-state index contributed by atoms with van der Waals surface area (Å²) in [5.74, 6) is -1.85. The van der Waals surface area contributed by atoms with Crippen LogP contribution in [0.15, 0.2) is 48.5 Å². The molecule has 0 unspecified atom stereocenters. The highest BCUT2D eigenvalue weighted by atomic mass is 19.4. The fraction of sp³-hybridized carbons (Fsp3) is 0.250. The van der Waals surface area contributed by atoms with Crippen LogP contribution in [-0.4, -0.2) is 35.8 Å². The van der Waals surface area contributed by atoms with E-state index in [4.69, 9.17) is 10.5 Å². The topological polar surface area (TPSA) is 89.7 Å². The average molecular weight is 408 g/mol. The second-order valence-corrected chi connectivity index (χ2v) is 6.10. The summed E-state index contributed by atoms with van der Waals surface area (Å²) in [5, 5.41) is 0. The van der Waals surface area contributed by atoms with Crippen LogP contribution in [0.2, 0.25) is 0 Å². The van der Waals surface area contributed by atoms with Crippen molar-refractivity contribution in [3.05, 3.63) is 70.8 Å². The first-order valence-corrected chi connectivity index (χ1v) is 8.62. The number of hydrogen-bond acceptors (Lipinski definition) is 4. The maximum Gasteiger partial charge on any atom is 0.416 e. The van der Waals surface area contributed by atoms with E-state index in [2.05, 4.69) is 0 Å². The molecular weight excluding hydrogens is 389 g/mol. The van der Waals surface area contributed by atoms with Crippen LogP contribution >= 0.6 is 0 Å². The molecule has 154 valence electrons. The van der Waals surface area contributed by atoms with Crippen molar-refractivity contribution in [2.24, 2.45) is 5.73 Å². The van der Waals surface area contributed by atoms with E-state index in [0.717, 1.165) is 17.0 Å². The van der Waals surface area contributed by atoms with Gasteiger partial charge in [0.15, 0.2) is 0 Å². The van der Waals surface area contributed by atoms with Crippen molar-refractivity contribution in [3.8, 4) is 0 Å². The molecule has 6 nitrogen and oxygen atoms in total. The highest BCUT2D eigenvalue weighted by Crippen LogP contribution is 2.29. The first-order valence-electron chi connectivity index (χ1n) is 8.62. The maximum atomic E-state index is 12.8. The summed E-state index contributed by atoms with van der Waals surface area (Å²) in [6, 6.07) is 9.80. The summed E-state index contributed by atoms with van der Waals surface area (Å²) in [6.45, 7) is 1.25. The van der Waals surface area contributed by atoms with Gasteiger partial charge in [0.25, 0.3) is 5.91 Å². The Morgan fingerprint density at radius 1 is 0.966 bits per heavy atom. The van der Waals surface area contributed by atoms with Crippen LogP contribution in [0.25, 0.3) is 0 Å². The molecule has 0 aromatic heterocycles. The number of alkyl halides is 3. The van der Waals surface area contributed by atoms with Crippen molar-refractivity contribution < 1.29 is 32.3 Å². The molecule has 0 aliphatic rings. The molecule has 0 fully saturated rings. The highest BCUT2D eigenvalue weighted by molar-refractivity contribution is 5.98. The van der Waals surface area contributed by atoms with Crippen molar-refractivity contribution in [1.82, 2.24) is 4.90 Å². The van der Waals surface area contributed by atoms with Gasteiger partial charge in [-0.3, -0.25) is 14.4 Å². The third-order valence-electron chi connectivity index (χ3n) is 3.98. The number of carbonyl (C=O) groups excluding carboxylic acids is 3. The SMILES string of the molecule is CCOC(=O)CN(Cc1ccc(C(F)(F)F)cc1)C(=O)c1ccc(C(N)=O)cc1. The zero-order valence-corrected chi connectivity index (χ0v) is 15.5. The van der Waals surface area contributed by atoms with Gasteiger partial charge in [-0.2, -0.15) is 13.2 Å². The lowest BCUT2D eigenvalue weighted by Gasteiger charge is -2.22. The first kappa shape index (κ1) is 21.9. The fourth-order valence-corrected chi connectivity index (χ4v) is 2.54. The van der Waals surface area contributed by atoms with Gasteiger partial charge in [-0.25, -0.2) is 0 Å². The van der Waals surface area contributed by atoms with E-state index >= 15 is 0 Å². The molecule has 0 bridgehead atoms. The van der Waals surface area contributed by atoms with Gasteiger partial charge in [-0.15, -0.1) is 0 Å². The largest absolute Gasteiger partial charge is 0.465 e. The number of primary amides is 1. The Hall–Kier alpha value is -3.36. The monoisotopic (exact) mass is 408 g/mol. The molecule has 2 aromatic rings. The molecule has 29 heavy (non-hydrogen) atoms. The molecule has 0 atom stereocenters. The normalized spacial score (nSPS) is 11.0. The van der Waals surface area contributed by atoms with Crippen LogP contribution in [-0.2, 0) is 22.3 Å². The van der Waals surface area contributed by atoms with Gasteiger partial charge in [0, 0.05) is 17.7 Å². The van der Waals surface area contributed by atoms with E-state index < -0.39 is 29.5 Å². The second-order valence-electron chi connectivity index (χ2n) is 6.10. The van der Waals surface area contributed by atoms with Crippen LogP contribution in [0, 0.1) is 0 Å². The Balaban J connectivity index is 2.25. The van der Waals surface area contributed by atoms with Crippen molar-refractivity contribution >= 4 is 17.8 Å². The predicted octanol–water partition coefficient (Wildman–Crippen LogP) is 3.01. The van der Waals surface area contributed by atoms with E-state index in [1.807, 2.05) is 0 Å². The molecule has 0 aliphatic carbocycles. The number of rotatable bonds is 7. The highest BCUT2D eigenvalue weighted by Gasteiger charge is 2.30. The minimum atomic E-state index is -4.47. The number of nitrogens with two attached hydrogens (primary N) is 1. The van der Waals surface area contributed by atoms with Crippen LogP contribution in [0.4, 0.5) is 13.2 Å². The van der Waals surface area contributed by atoms with Gasteiger partial charge in [-0.05, 0) is 48.9 Å². The third kappa shape index (κ3) is 6.06. The molecule has 2 N–H and O–H groups in total. The number of halogens is 3. The molecule has 0 radical (unpaired) electrons. The molecule has 0 spiro atoms. The second kappa shape index (κ2) is 9.22. The van der Waals surface area contributed by atoms with E-state index in [1.54, 1.807) is 6.92 Å². The minimum absolute atomic E-state index is 0.104. The van der Waals surface area contributed by atoms with E-state index in [-0.39, 0.29) is 30.8 Å². The number of ether oxygens (including phenoxy) is 1. The lowest BCUT2D eigenvalue weighted by Crippen LogP contribution is -2.36. The Bertz CT molecular complexity index is 878. The van der Waals surface area contributed by atoms with Crippen LogP contribution in [0.3, 0.4) is 0 Å². The standard InChI is InChI=1S/C20H19F3N2O4/c1-2-29-17(26)12-25(11-13-3-9-16(10-4-13)20(21,22)23)19(28)15-7-5-14(6-8-15)18(24)27/h3-10H,2,11-12H2,1H3,(H2,24,27). The van der Waals surface area contributed by atoms with Crippen molar-refractivity contribution in [3.63, 3.8) is 0 Å². The summed E-state index contributed by atoms with van der Waals surface area (Å²) in [5.41, 5.74) is 5.16. The van der Waals surface area contributed by atoms with Gasteiger partial charge in [0.1, 0.15) is 6.54 Å². The lowest BCUT2D eigenvalue weighted by atomic mass is 10.1. The van der Waals surface area contributed by atoms with Crippen molar-refractivity contribution in [2.75, 3.05) is 13.2 Å². The smallest absolute Gasteiger partial charge is 0.416 e. The Morgan fingerprint density at radius 3 is 2.00 bits per heavy atom. The Morgan fingerprint density at radius 2 is 1.52 bits per heavy atom. The summed E-state index contributed by atoms with van der Waals surface area (Å²) in [6.07, 6.45) is -4.47. The summed E-state index contributed by atoms with van der Waals surface area (Å²) in [7, 11) is 0. The van der Waals surface area contributed by atoms with Crippen molar-refractivity contribution in [2.45, 2.75) is 19.6 Å². The van der Waals surface area contributed by atoms with Gasteiger partial charge >= 0.3 is 12.1 Å². The molecule has 9 heteroatoms. The van der Waals surface area contributed by atoms with Crippen LogP contribution < -0.4 is 5.73 Å². The van der Waals surface area contributed by atoms with Crippen LogP contribution in [0.5, 0.6) is 0 Å². The zero-order valence-electron chi connectivity index (χ0n) is 15.5. The number of hydrogen-bond donors (Lipinski definition) is 1. The predicted molar refractivity (Wildman–Crippen MR) is 97.8 cm³/mol. The quantitative estimate of drug-likeness (QED) is 0.714. The molecule has 0 saturated carbocycles. The Labute approximate surface area is 165 Å². The molecule has 0 saturated heterocycles.